The predicted octanol–water partition coefficient (Wildman–Crippen LogP) is 5.21. The summed E-state index contributed by atoms with van der Waals surface area (Å²) in [5.41, 5.74) is 1.12. The molecule has 0 atom stereocenters. The zero-order chi connectivity index (χ0) is 16.2. The van der Waals surface area contributed by atoms with Crippen LogP contribution in [0, 0.1) is 6.92 Å². The molecule has 3 heteroatoms. The van der Waals surface area contributed by atoms with Crippen molar-refractivity contribution in [3.63, 3.8) is 0 Å². The fourth-order valence-corrected chi connectivity index (χ4v) is 2.56. The molecule has 1 aromatic heterocycles. The summed E-state index contributed by atoms with van der Waals surface area (Å²) in [6.07, 6.45) is 4.02. The van der Waals surface area contributed by atoms with Gasteiger partial charge in [0.15, 0.2) is 11.5 Å². The monoisotopic (exact) mass is 307 g/mol. The second-order valence-corrected chi connectivity index (χ2v) is 5.26. The Hall–Kier alpha value is -2.81. The Morgan fingerprint density at radius 3 is 2.26 bits per heavy atom. The molecule has 3 aromatic rings. The van der Waals surface area contributed by atoms with Crippen molar-refractivity contribution in [1.29, 1.82) is 0 Å². The van der Waals surface area contributed by atoms with Gasteiger partial charge in [-0.25, -0.2) is 4.42 Å². The Morgan fingerprint density at radius 1 is 0.870 bits per heavy atom. The van der Waals surface area contributed by atoms with Gasteiger partial charge in [0.25, 0.3) is 0 Å². The molecule has 0 bridgehead atoms. The molecule has 0 aliphatic heterocycles. The number of fused-ring (bicyclic) bond motifs is 1. The lowest BCUT2D eigenvalue weighted by Crippen LogP contribution is -1.92. The van der Waals surface area contributed by atoms with Crippen molar-refractivity contribution in [2.75, 3.05) is 14.2 Å². The molecule has 116 valence electrons. The van der Waals surface area contributed by atoms with Crippen LogP contribution in [0.15, 0.2) is 52.9 Å². The van der Waals surface area contributed by atoms with E-state index >= 15 is 0 Å². The predicted molar refractivity (Wildman–Crippen MR) is 93.8 cm³/mol. The molecule has 3 nitrogen and oxygen atoms in total. The Kier molecular flexibility index (Phi) is 4.29. The first-order valence-electron chi connectivity index (χ1n) is 7.44. The standard InChI is InChI=1S/C20H19O3/c1-14-11-16-12-19(21-2)20(22-3)13-17(16)18(23-14)10-9-15-7-5-4-6-8-15/h4-13H,1-3H3/q+1. The summed E-state index contributed by atoms with van der Waals surface area (Å²) in [7, 11) is 3.27. The first kappa shape index (κ1) is 15.1. The van der Waals surface area contributed by atoms with Crippen LogP contribution < -0.4 is 9.47 Å². The third-order valence-electron chi connectivity index (χ3n) is 3.68. The smallest absolute Gasteiger partial charge is 0.360 e. The highest BCUT2D eigenvalue weighted by Crippen LogP contribution is 2.34. The largest absolute Gasteiger partial charge is 0.493 e. The topological polar surface area (TPSA) is 29.8 Å². The SMILES string of the molecule is COc1cc2cc(C)[o+]c(C=Cc3ccccc3)c2cc1OC. The van der Waals surface area contributed by atoms with E-state index in [0.717, 1.165) is 27.9 Å². The maximum Gasteiger partial charge on any atom is 0.360 e. The zero-order valence-electron chi connectivity index (χ0n) is 13.5. The van der Waals surface area contributed by atoms with Crippen molar-refractivity contribution in [2.45, 2.75) is 6.92 Å². The molecule has 23 heavy (non-hydrogen) atoms. The van der Waals surface area contributed by atoms with Crippen LogP contribution in [0.2, 0.25) is 0 Å². The number of hydrogen-bond donors (Lipinski definition) is 0. The van der Waals surface area contributed by atoms with Gasteiger partial charge in [0, 0.05) is 23.6 Å². The minimum atomic E-state index is 0.688. The lowest BCUT2D eigenvalue weighted by molar-refractivity contribution is 0.355. The van der Waals surface area contributed by atoms with Crippen LogP contribution in [0.25, 0.3) is 22.9 Å². The second kappa shape index (κ2) is 6.53. The first-order valence-corrected chi connectivity index (χ1v) is 7.44. The molecule has 0 saturated heterocycles. The fraction of sp³-hybridized carbons (Fsp3) is 0.150. The molecule has 0 aliphatic carbocycles. The number of rotatable bonds is 4. The van der Waals surface area contributed by atoms with Gasteiger partial charge in [-0.2, -0.15) is 0 Å². The molecule has 3 rings (SSSR count). The highest BCUT2D eigenvalue weighted by atomic mass is 16.5. The van der Waals surface area contributed by atoms with E-state index in [2.05, 4.69) is 12.1 Å². The minimum Gasteiger partial charge on any atom is -0.493 e. The van der Waals surface area contributed by atoms with Crippen molar-refractivity contribution in [3.8, 4) is 11.5 Å². The van der Waals surface area contributed by atoms with Gasteiger partial charge in [0.2, 0.25) is 0 Å². The normalized spacial score (nSPS) is 11.1. The summed E-state index contributed by atoms with van der Waals surface area (Å²) in [6, 6.07) is 16.0. The third-order valence-corrected chi connectivity index (χ3v) is 3.68. The average molecular weight is 307 g/mol. The van der Waals surface area contributed by atoms with Gasteiger partial charge in [-0.3, -0.25) is 0 Å². The second-order valence-electron chi connectivity index (χ2n) is 5.26. The van der Waals surface area contributed by atoms with Gasteiger partial charge < -0.3 is 9.47 Å². The summed E-state index contributed by atoms with van der Waals surface area (Å²) in [4.78, 5) is 0. The maximum atomic E-state index is 5.90. The summed E-state index contributed by atoms with van der Waals surface area (Å²) >= 11 is 0. The van der Waals surface area contributed by atoms with E-state index in [1.165, 1.54) is 0 Å². The van der Waals surface area contributed by atoms with Crippen LogP contribution in [0.1, 0.15) is 17.1 Å². The molecule has 1 heterocycles. The van der Waals surface area contributed by atoms with Crippen molar-refractivity contribution in [3.05, 3.63) is 65.6 Å². The van der Waals surface area contributed by atoms with Crippen LogP contribution in [-0.4, -0.2) is 14.2 Å². The molecule has 0 radical (unpaired) electrons. The summed E-state index contributed by atoms with van der Waals surface area (Å²) in [6.45, 7) is 1.94. The minimum absolute atomic E-state index is 0.688. The van der Waals surface area contributed by atoms with Crippen molar-refractivity contribution < 1.29 is 13.9 Å². The Balaban J connectivity index is 2.14. The van der Waals surface area contributed by atoms with Gasteiger partial charge in [-0.1, -0.05) is 30.3 Å². The molecule has 0 N–H and O–H groups in total. The van der Waals surface area contributed by atoms with E-state index in [1.54, 1.807) is 14.2 Å². The van der Waals surface area contributed by atoms with Gasteiger partial charge in [0.05, 0.1) is 26.5 Å². The molecular weight excluding hydrogens is 288 g/mol. The Labute approximate surface area is 135 Å². The molecule has 0 fully saturated rings. The van der Waals surface area contributed by atoms with Crippen molar-refractivity contribution in [2.24, 2.45) is 0 Å². The Morgan fingerprint density at radius 2 is 1.57 bits per heavy atom. The van der Waals surface area contributed by atoms with Crippen LogP contribution in [0.4, 0.5) is 0 Å². The highest BCUT2D eigenvalue weighted by Gasteiger charge is 2.17. The molecule has 0 aliphatic rings. The number of methoxy groups -OCH3 is 2. The molecule has 2 aromatic carbocycles. The number of benzene rings is 2. The van der Waals surface area contributed by atoms with E-state index in [-0.39, 0.29) is 0 Å². The van der Waals surface area contributed by atoms with E-state index in [9.17, 15) is 0 Å². The third kappa shape index (κ3) is 3.19. The van der Waals surface area contributed by atoms with E-state index in [1.807, 2.05) is 55.5 Å². The van der Waals surface area contributed by atoms with Crippen LogP contribution in [-0.2, 0) is 0 Å². The number of ether oxygens (including phenoxy) is 2. The average Bonchev–Trinajstić information content (AvgIpc) is 2.59. The summed E-state index contributed by atoms with van der Waals surface area (Å²) < 4.78 is 16.7. The van der Waals surface area contributed by atoms with Gasteiger partial charge in [-0.05, 0) is 17.7 Å². The van der Waals surface area contributed by atoms with E-state index in [4.69, 9.17) is 13.9 Å². The van der Waals surface area contributed by atoms with Crippen molar-refractivity contribution >= 4 is 22.9 Å². The van der Waals surface area contributed by atoms with Crippen LogP contribution >= 0.6 is 0 Å². The summed E-state index contributed by atoms with van der Waals surface area (Å²) in [5.74, 6) is 3.04. The summed E-state index contributed by atoms with van der Waals surface area (Å²) in [5, 5.41) is 2.04. The molecule has 0 unspecified atom stereocenters. The first-order chi connectivity index (χ1) is 11.2. The quantitative estimate of drug-likeness (QED) is 0.620. The van der Waals surface area contributed by atoms with Gasteiger partial charge in [0.1, 0.15) is 0 Å². The number of aryl methyl sites for hydroxylation is 1. The zero-order valence-corrected chi connectivity index (χ0v) is 13.5. The maximum absolute atomic E-state index is 5.90. The van der Waals surface area contributed by atoms with Crippen molar-refractivity contribution in [1.82, 2.24) is 0 Å². The highest BCUT2D eigenvalue weighted by molar-refractivity contribution is 5.93. The van der Waals surface area contributed by atoms with E-state index in [0.29, 0.717) is 11.5 Å². The molecular formula is C20H19O3+. The lowest BCUT2D eigenvalue weighted by Gasteiger charge is -2.08. The Bertz CT molecular complexity index is 852. The fourth-order valence-electron chi connectivity index (χ4n) is 2.56. The van der Waals surface area contributed by atoms with Gasteiger partial charge >= 0.3 is 11.5 Å². The van der Waals surface area contributed by atoms with Crippen LogP contribution in [0.3, 0.4) is 0 Å². The lowest BCUT2D eigenvalue weighted by atomic mass is 10.1. The van der Waals surface area contributed by atoms with Crippen LogP contribution in [0.5, 0.6) is 11.5 Å². The molecule has 0 amide bonds. The van der Waals surface area contributed by atoms with Gasteiger partial charge in [-0.15, -0.1) is 0 Å². The van der Waals surface area contributed by atoms with E-state index < -0.39 is 0 Å². The number of hydrogen-bond acceptors (Lipinski definition) is 2. The molecule has 0 spiro atoms. The molecule has 0 saturated carbocycles.